The van der Waals surface area contributed by atoms with E-state index in [0.717, 1.165) is 43.4 Å². The molecule has 0 aromatic heterocycles. The van der Waals surface area contributed by atoms with E-state index < -0.39 is 0 Å². The fraction of sp³-hybridized carbons (Fsp3) is 0.722. The molecule has 4 aliphatic carbocycles. The van der Waals surface area contributed by atoms with Crippen molar-refractivity contribution < 1.29 is 23.8 Å². The van der Waals surface area contributed by atoms with Crippen LogP contribution in [0.1, 0.15) is 109 Å². The molecule has 0 bridgehead atoms. The lowest BCUT2D eigenvalue weighted by molar-refractivity contribution is -0.142. The molecule has 5 nitrogen and oxygen atoms in total. The second-order valence-electron chi connectivity index (χ2n) is 14.8. The average Bonchev–Trinajstić information content (AvgIpc) is 3.44. The molecule has 1 aliphatic heterocycles. The normalized spacial score (nSPS) is 40.0. The molecule has 224 valence electrons. The zero-order valence-electron chi connectivity index (χ0n) is 25.8. The first-order valence-corrected chi connectivity index (χ1v) is 16.4. The van der Waals surface area contributed by atoms with Gasteiger partial charge in [-0.15, -0.1) is 0 Å². The summed E-state index contributed by atoms with van der Waals surface area (Å²) in [7, 11) is 0. The fourth-order valence-corrected chi connectivity index (χ4v) is 10.4. The molecular weight excluding hydrogens is 512 g/mol. The highest BCUT2D eigenvalue weighted by molar-refractivity contribution is 5.89. The Hall–Kier alpha value is -2.30. The average molecular weight is 563 g/mol. The highest BCUT2D eigenvalue weighted by atomic mass is 16.5. The van der Waals surface area contributed by atoms with E-state index in [1.54, 1.807) is 0 Å². The van der Waals surface area contributed by atoms with Gasteiger partial charge in [-0.05, 0) is 123 Å². The van der Waals surface area contributed by atoms with Crippen LogP contribution in [0.25, 0.3) is 0 Å². The third-order valence-electron chi connectivity index (χ3n) is 12.5. The van der Waals surface area contributed by atoms with Crippen LogP contribution in [0.2, 0.25) is 0 Å². The molecule has 1 aromatic rings. The second kappa shape index (κ2) is 11.1. The lowest BCUT2D eigenvalue weighted by Crippen LogP contribution is -2.54. The van der Waals surface area contributed by atoms with Crippen molar-refractivity contribution in [3.63, 3.8) is 0 Å². The van der Waals surface area contributed by atoms with Crippen LogP contribution in [0.5, 0.6) is 0 Å². The summed E-state index contributed by atoms with van der Waals surface area (Å²) >= 11 is 0. The van der Waals surface area contributed by atoms with Crippen molar-refractivity contribution in [3.8, 4) is 0 Å². The number of esters is 2. The topological polar surface area (TPSA) is 61.8 Å². The number of carbonyl (C=O) groups excluding carboxylic acids is 2. The van der Waals surface area contributed by atoms with Crippen molar-refractivity contribution in [1.82, 2.24) is 0 Å². The molecule has 4 saturated carbocycles. The summed E-state index contributed by atoms with van der Waals surface area (Å²) in [5, 5.41) is 0. The Morgan fingerprint density at radius 3 is 2.51 bits per heavy atom. The molecule has 1 aromatic carbocycles. The number of carbonyl (C=O) groups is 2. The molecule has 5 heteroatoms. The maximum atomic E-state index is 12.8. The number of hydrogen-bond donors (Lipinski definition) is 0. The third-order valence-corrected chi connectivity index (χ3v) is 12.5. The van der Waals surface area contributed by atoms with E-state index in [2.05, 4.69) is 27.7 Å². The van der Waals surface area contributed by atoms with Gasteiger partial charge in [-0.3, -0.25) is 4.79 Å². The zero-order chi connectivity index (χ0) is 28.9. The summed E-state index contributed by atoms with van der Waals surface area (Å²) in [6, 6.07) is 9.45. The van der Waals surface area contributed by atoms with E-state index in [4.69, 9.17) is 14.2 Å². The second-order valence-corrected chi connectivity index (χ2v) is 14.8. The van der Waals surface area contributed by atoms with Crippen LogP contribution in [0, 0.1) is 46.3 Å². The summed E-state index contributed by atoms with van der Waals surface area (Å²) in [5.74, 6) is 4.69. The molecule has 5 aliphatic rings. The van der Waals surface area contributed by atoms with Crippen molar-refractivity contribution in [2.45, 2.75) is 111 Å². The first-order valence-electron chi connectivity index (χ1n) is 16.4. The molecule has 0 spiro atoms. The minimum Gasteiger partial charge on any atom is -0.494 e. The van der Waals surface area contributed by atoms with Crippen molar-refractivity contribution in [2.24, 2.45) is 46.3 Å². The van der Waals surface area contributed by atoms with Crippen molar-refractivity contribution >= 4 is 11.9 Å². The Kier molecular flexibility index (Phi) is 7.78. The predicted molar refractivity (Wildman–Crippen MR) is 159 cm³/mol. The van der Waals surface area contributed by atoms with Crippen molar-refractivity contribution in [2.75, 3.05) is 6.61 Å². The first kappa shape index (κ1) is 28.8. The quantitative estimate of drug-likeness (QED) is 0.314. The van der Waals surface area contributed by atoms with Crippen LogP contribution >= 0.6 is 0 Å². The summed E-state index contributed by atoms with van der Waals surface area (Å²) in [4.78, 5) is 23.9. The SMILES string of the molecule is CC(=O)OC[C@H](C)CCC1=C(C)[C@@H]2[C@H](C[C@@H]3[C@@H]4CC[C@H]5C[C@@H](OC(=O)c6ccccc6)CC[C@]5(C)[C@@H]4CC[C@@]32C)O1. The van der Waals surface area contributed by atoms with Gasteiger partial charge in [0.1, 0.15) is 12.2 Å². The van der Waals surface area contributed by atoms with Gasteiger partial charge in [-0.1, -0.05) is 39.0 Å². The summed E-state index contributed by atoms with van der Waals surface area (Å²) in [6.45, 7) is 11.6. The number of ether oxygens (including phenoxy) is 3. The van der Waals surface area contributed by atoms with E-state index in [0.29, 0.717) is 46.9 Å². The maximum Gasteiger partial charge on any atom is 0.338 e. The maximum absolute atomic E-state index is 12.8. The molecule has 1 heterocycles. The fourth-order valence-electron chi connectivity index (χ4n) is 10.4. The molecule has 0 unspecified atom stereocenters. The van der Waals surface area contributed by atoms with Crippen LogP contribution in [0.15, 0.2) is 41.7 Å². The Bertz CT molecular complexity index is 1170. The Labute approximate surface area is 246 Å². The highest BCUT2D eigenvalue weighted by Gasteiger charge is 2.64. The number of fused-ring (bicyclic) bond motifs is 7. The molecule has 0 N–H and O–H groups in total. The zero-order valence-corrected chi connectivity index (χ0v) is 25.8. The molecule has 0 radical (unpaired) electrons. The van der Waals surface area contributed by atoms with Crippen LogP contribution in [-0.4, -0.2) is 30.8 Å². The third kappa shape index (κ3) is 5.14. The van der Waals surface area contributed by atoms with Crippen molar-refractivity contribution in [1.29, 1.82) is 0 Å². The van der Waals surface area contributed by atoms with Crippen LogP contribution in [0.3, 0.4) is 0 Å². The predicted octanol–water partition coefficient (Wildman–Crippen LogP) is 8.13. The van der Waals surface area contributed by atoms with E-state index in [-0.39, 0.29) is 18.0 Å². The van der Waals surface area contributed by atoms with Gasteiger partial charge in [0, 0.05) is 19.3 Å². The molecule has 0 saturated heterocycles. The van der Waals surface area contributed by atoms with Crippen molar-refractivity contribution in [3.05, 3.63) is 47.2 Å². The van der Waals surface area contributed by atoms with Crippen LogP contribution in [0.4, 0.5) is 0 Å². The number of rotatable bonds is 7. The molecule has 0 amide bonds. The van der Waals surface area contributed by atoms with E-state index >= 15 is 0 Å². The van der Waals surface area contributed by atoms with Gasteiger partial charge in [0.05, 0.1) is 17.9 Å². The molecule has 4 fully saturated rings. The van der Waals surface area contributed by atoms with Gasteiger partial charge >= 0.3 is 11.9 Å². The van der Waals surface area contributed by atoms with Gasteiger partial charge in [0.15, 0.2) is 0 Å². The number of benzene rings is 1. The summed E-state index contributed by atoms with van der Waals surface area (Å²) < 4.78 is 18.0. The van der Waals surface area contributed by atoms with Gasteiger partial charge in [-0.25, -0.2) is 4.79 Å². The molecule has 6 rings (SSSR count). The molecule has 10 atom stereocenters. The highest BCUT2D eigenvalue weighted by Crippen LogP contribution is 2.69. The molecular formula is C36H50O5. The number of hydrogen-bond acceptors (Lipinski definition) is 5. The van der Waals surface area contributed by atoms with Gasteiger partial charge < -0.3 is 14.2 Å². The van der Waals surface area contributed by atoms with E-state index in [9.17, 15) is 9.59 Å². The lowest BCUT2D eigenvalue weighted by Gasteiger charge is -2.61. The minimum absolute atomic E-state index is 0.0494. The monoisotopic (exact) mass is 562 g/mol. The standard InChI is InChI=1S/C36H50O5/c1-22(21-39-24(3)37)11-14-31-23(2)33-32(41-31)20-30-28-13-12-26-19-27(40-34(38)25-9-7-6-8-10-25)15-17-35(26,4)29(28)16-18-36(30,33)5/h6-10,22,26-30,32-33H,11-21H2,1-5H3/t22-,26+,27+,28-,29-,30-,32+,33-,35+,36+/m1/s1. The lowest BCUT2D eigenvalue weighted by atomic mass is 9.44. The van der Waals surface area contributed by atoms with E-state index in [1.807, 2.05) is 30.3 Å². The van der Waals surface area contributed by atoms with Gasteiger partial charge in [0.25, 0.3) is 0 Å². The molecule has 41 heavy (non-hydrogen) atoms. The Morgan fingerprint density at radius 1 is 1.00 bits per heavy atom. The van der Waals surface area contributed by atoms with Gasteiger partial charge in [0.2, 0.25) is 0 Å². The summed E-state index contributed by atoms with van der Waals surface area (Å²) in [6.07, 6.45) is 11.9. The summed E-state index contributed by atoms with van der Waals surface area (Å²) in [5.41, 5.74) is 2.84. The minimum atomic E-state index is -0.198. The van der Waals surface area contributed by atoms with Crippen LogP contribution < -0.4 is 0 Å². The number of allylic oxidation sites excluding steroid dienone is 1. The Morgan fingerprint density at radius 2 is 1.76 bits per heavy atom. The van der Waals surface area contributed by atoms with E-state index in [1.165, 1.54) is 56.8 Å². The smallest absolute Gasteiger partial charge is 0.338 e. The van der Waals surface area contributed by atoms with Gasteiger partial charge in [-0.2, -0.15) is 0 Å². The Balaban J connectivity index is 1.10. The first-order chi connectivity index (χ1) is 19.6. The largest absolute Gasteiger partial charge is 0.494 e. The van der Waals surface area contributed by atoms with Crippen LogP contribution in [-0.2, 0) is 19.0 Å².